The number of carbonyl (C=O) groups is 2. The van der Waals surface area contributed by atoms with Crippen molar-refractivity contribution >= 4 is 11.8 Å². The molecule has 0 radical (unpaired) electrons. The van der Waals surface area contributed by atoms with Crippen LogP contribution < -0.4 is 0 Å². The maximum Gasteiger partial charge on any atom is 0.306 e. The predicted molar refractivity (Wildman–Crippen MR) is 138 cm³/mol. The summed E-state index contributed by atoms with van der Waals surface area (Å²) < 4.78 is 5.67. The zero-order chi connectivity index (χ0) is 23.7. The highest BCUT2D eigenvalue weighted by Crippen LogP contribution is 2.16. The quantitative estimate of drug-likeness (QED) is 0.102. The van der Waals surface area contributed by atoms with E-state index in [4.69, 9.17) is 4.74 Å². The zero-order valence-electron chi connectivity index (χ0n) is 22.1. The Morgan fingerprint density at radius 1 is 0.562 bits per heavy atom. The van der Waals surface area contributed by atoms with Crippen LogP contribution in [0.15, 0.2) is 0 Å². The zero-order valence-corrected chi connectivity index (χ0v) is 22.1. The van der Waals surface area contributed by atoms with Crippen molar-refractivity contribution < 1.29 is 14.3 Å². The van der Waals surface area contributed by atoms with Crippen LogP contribution in [0.4, 0.5) is 0 Å². The van der Waals surface area contributed by atoms with Gasteiger partial charge in [-0.05, 0) is 26.2 Å². The van der Waals surface area contributed by atoms with Crippen molar-refractivity contribution in [3.63, 3.8) is 0 Å². The van der Waals surface area contributed by atoms with Gasteiger partial charge in [-0.2, -0.15) is 0 Å². The van der Waals surface area contributed by atoms with Crippen LogP contribution in [0, 0.1) is 0 Å². The number of carbonyl (C=O) groups excluding carboxylic acids is 2. The maximum absolute atomic E-state index is 12.2. The number of unbranched alkanes of at least 4 members (excludes halogenated alkanes) is 18. The second kappa shape index (κ2) is 24.8. The van der Waals surface area contributed by atoms with Crippen molar-refractivity contribution in [1.82, 2.24) is 0 Å². The van der Waals surface area contributed by atoms with Crippen molar-refractivity contribution in [3.8, 4) is 0 Å². The van der Waals surface area contributed by atoms with Crippen LogP contribution in [0.1, 0.15) is 168 Å². The molecule has 0 saturated carbocycles. The molecule has 0 aromatic heterocycles. The lowest BCUT2D eigenvalue weighted by molar-refractivity contribution is -0.150. The van der Waals surface area contributed by atoms with Gasteiger partial charge in [-0.1, -0.05) is 129 Å². The summed E-state index contributed by atoms with van der Waals surface area (Å²) in [4.78, 5) is 23.8. The summed E-state index contributed by atoms with van der Waals surface area (Å²) in [6, 6.07) is 0. The molecule has 0 amide bonds. The molecule has 0 aliphatic rings. The summed E-state index contributed by atoms with van der Waals surface area (Å²) in [6.07, 6.45) is 27.1. The van der Waals surface area contributed by atoms with Crippen molar-refractivity contribution in [2.24, 2.45) is 0 Å². The molecule has 0 aliphatic carbocycles. The van der Waals surface area contributed by atoms with Crippen LogP contribution in [-0.2, 0) is 14.3 Å². The average molecular weight is 453 g/mol. The van der Waals surface area contributed by atoms with Crippen molar-refractivity contribution in [2.75, 3.05) is 0 Å². The van der Waals surface area contributed by atoms with Gasteiger partial charge >= 0.3 is 5.97 Å². The molecule has 3 nitrogen and oxygen atoms in total. The summed E-state index contributed by atoms with van der Waals surface area (Å²) in [7, 11) is 0. The van der Waals surface area contributed by atoms with Gasteiger partial charge in [0.1, 0.15) is 11.9 Å². The lowest BCUT2D eigenvalue weighted by Crippen LogP contribution is -2.20. The van der Waals surface area contributed by atoms with Crippen molar-refractivity contribution in [1.29, 1.82) is 0 Å². The molecule has 0 saturated heterocycles. The summed E-state index contributed by atoms with van der Waals surface area (Å²) in [5.74, 6) is 0.0107. The first kappa shape index (κ1) is 31.1. The van der Waals surface area contributed by atoms with Crippen molar-refractivity contribution in [3.05, 3.63) is 0 Å². The van der Waals surface area contributed by atoms with Gasteiger partial charge in [0.05, 0.1) is 0 Å². The number of hydrogen-bond donors (Lipinski definition) is 0. The molecule has 1 atom stereocenters. The summed E-state index contributed by atoms with van der Waals surface area (Å²) in [6.45, 7) is 6.11. The lowest BCUT2D eigenvalue weighted by Gasteiger charge is -2.17. The maximum atomic E-state index is 12.2. The first-order valence-electron chi connectivity index (χ1n) is 14.3. The highest BCUT2D eigenvalue weighted by Gasteiger charge is 2.16. The predicted octanol–water partition coefficient (Wildman–Crippen LogP) is 9.50. The second-order valence-corrected chi connectivity index (χ2v) is 9.92. The molecule has 190 valence electrons. The van der Waals surface area contributed by atoms with Gasteiger partial charge in [-0.25, -0.2) is 0 Å². The van der Waals surface area contributed by atoms with Crippen LogP contribution in [0.3, 0.4) is 0 Å². The number of ether oxygens (including phenoxy) is 1. The monoisotopic (exact) mass is 452 g/mol. The van der Waals surface area contributed by atoms with Crippen LogP contribution in [0.2, 0.25) is 0 Å². The molecule has 32 heavy (non-hydrogen) atoms. The third-order valence-electron chi connectivity index (χ3n) is 6.43. The van der Waals surface area contributed by atoms with E-state index < -0.39 is 0 Å². The summed E-state index contributed by atoms with van der Waals surface area (Å²) in [5, 5.41) is 0. The van der Waals surface area contributed by atoms with Crippen molar-refractivity contribution in [2.45, 2.75) is 175 Å². The Morgan fingerprint density at radius 2 is 0.938 bits per heavy atom. The lowest BCUT2D eigenvalue weighted by atomic mass is 10.0. The molecular formula is C29H56O3. The van der Waals surface area contributed by atoms with Crippen LogP contribution in [0.5, 0.6) is 0 Å². The van der Waals surface area contributed by atoms with Crippen LogP contribution >= 0.6 is 0 Å². The van der Waals surface area contributed by atoms with Crippen LogP contribution in [0.25, 0.3) is 0 Å². The molecule has 0 aromatic carbocycles. The molecule has 0 aliphatic heterocycles. The average Bonchev–Trinajstić information content (AvgIpc) is 2.75. The second-order valence-electron chi connectivity index (χ2n) is 9.92. The Labute approximate surface area is 200 Å². The molecule has 0 bridgehead atoms. The first-order chi connectivity index (χ1) is 15.6. The first-order valence-corrected chi connectivity index (χ1v) is 14.3. The van der Waals surface area contributed by atoms with E-state index in [-0.39, 0.29) is 17.9 Å². The SMILES string of the molecule is CCCCCCCCCCCCCC(=O)OC(CCCCCCCCCCC)CC(C)=O. The van der Waals surface area contributed by atoms with Gasteiger partial charge in [0, 0.05) is 12.8 Å². The van der Waals surface area contributed by atoms with Gasteiger partial charge in [0.15, 0.2) is 0 Å². The van der Waals surface area contributed by atoms with Gasteiger partial charge in [0.2, 0.25) is 0 Å². The molecule has 0 N–H and O–H groups in total. The Kier molecular flexibility index (Phi) is 24.1. The van der Waals surface area contributed by atoms with Gasteiger partial charge in [-0.15, -0.1) is 0 Å². The third-order valence-corrected chi connectivity index (χ3v) is 6.43. The fraction of sp³-hybridized carbons (Fsp3) is 0.931. The highest BCUT2D eigenvalue weighted by molar-refractivity contribution is 5.76. The minimum Gasteiger partial charge on any atom is -0.462 e. The molecule has 0 aromatic rings. The number of rotatable bonds is 25. The fourth-order valence-electron chi connectivity index (χ4n) is 4.38. The number of hydrogen-bond acceptors (Lipinski definition) is 3. The molecular weight excluding hydrogens is 396 g/mol. The highest BCUT2D eigenvalue weighted by atomic mass is 16.5. The van der Waals surface area contributed by atoms with E-state index in [0.717, 1.165) is 25.7 Å². The van der Waals surface area contributed by atoms with E-state index in [9.17, 15) is 9.59 Å². The van der Waals surface area contributed by atoms with Gasteiger partial charge in [-0.3, -0.25) is 9.59 Å². The molecule has 0 rings (SSSR count). The van der Waals surface area contributed by atoms with E-state index in [1.54, 1.807) is 6.92 Å². The molecule has 0 heterocycles. The topological polar surface area (TPSA) is 43.4 Å². The Balaban J connectivity index is 3.71. The molecule has 0 fully saturated rings. The number of esters is 1. The summed E-state index contributed by atoms with van der Waals surface area (Å²) >= 11 is 0. The normalized spacial score (nSPS) is 12.1. The van der Waals surface area contributed by atoms with E-state index in [1.807, 2.05) is 0 Å². The molecule has 0 spiro atoms. The fourth-order valence-corrected chi connectivity index (χ4v) is 4.38. The Hall–Kier alpha value is -0.860. The minimum atomic E-state index is -0.211. The van der Waals surface area contributed by atoms with E-state index in [0.29, 0.717) is 12.8 Å². The summed E-state index contributed by atoms with van der Waals surface area (Å²) in [5.41, 5.74) is 0. The van der Waals surface area contributed by atoms with E-state index >= 15 is 0 Å². The standard InChI is InChI=1S/C29H56O3/c1-4-6-8-10-12-14-15-17-19-21-23-25-29(31)32-28(26-27(3)30)24-22-20-18-16-13-11-9-7-5-2/h28H,4-26H2,1-3H3. The Bertz CT molecular complexity index is 419. The number of ketones is 1. The third kappa shape index (κ3) is 23.8. The smallest absolute Gasteiger partial charge is 0.306 e. The minimum absolute atomic E-state index is 0.108. The van der Waals surface area contributed by atoms with Crippen LogP contribution in [-0.4, -0.2) is 17.9 Å². The van der Waals surface area contributed by atoms with E-state index in [1.165, 1.54) is 109 Å². The van der Waals surface area contributed by atoms with E-state index in [2.05, 4.69) is 13.8 Å². The largest absolute Gasteiger partial charge is 0.462 e. The number of Topliss-reactive ketones (excluding diaryl/α,β-unsaturated/α-hetero) is 1. The van der Waals surface area contributed by atoms with Gasteiger partial charge in [0.25, 0.3) is 0 Å². The molecule has 1 unspecified atom stereocenters. The molecule has 3 heteroatoms. The Morgan fingerprint density at radius 3 is 1.34 bits per heavy atom. The van der Waals surface area contributed by atoms with Gasteiger partial charge < -0.3 is 4.74 Å².